The quantitative estimate of drug-likeness (QED) is 0.277. The van der Waals surface area contributed by atoms with Crippen molar-refractivity contribution < 1.29 is 13.8 Å². The Kier molecular flexibility index (Phi) is 7.01. The predicted octanol–water partition coefficient (Wildman–Crippen LogP) is 2.18. The lowest BCUT2D eigenvalue weighted by atomic mass is 10.2. The Labute approximate surface area is 159 Å². The van der Waals surface area contributed by atoms with Crippen LogP contribution < -0.4 is 0 Å². The molecule has 2 aromatic heterocycles. The van der Waals surface area contributed by atoms with Gasteiger partial charge in [0.2, 0.25) is 0 Å². The second-order valence-electron chi connectivity index (χ2n) is 6.17. The summed E-state index contributed by atoms with van der Waals surface area (Å²) in [5.74, 6) is 0.529. The van der Waals surface area contributed by atoms with Crippen molar-refractivity contribution in [2.75, 3.05) is 27.3 Å². The first-order valence-electron chi connectivity index (χ1n) is 8.58. The third kappa shape index (κ3) is 5.17. The van der Waals surface area contributed by atoms with Crippen LogP contribution in [0.5, 0.6) is 0 Å². The molecule has 10 nitrogen and oxygen atoms in total. The maximum absolute atomic E-state index is 8.45. The highest BCUT2D eigenvalue weighted by atomic mass is 31.1. The van der Waals surface area contributed by atoms with E-state index in [9.17, 15) is 0 Å². The molecule has 1 saturated heterocycles. The summed E-state index contributed by atoms with van der Waals surface area (Å²) in [7, 11) is 3.71. The third-order valence-corrected chi connectivity index (χ3v) is 4.46. The molecule has 3 unspecified atom stereocenters. The van der Waals surface area contributed by atoms with E-state index < -0.39 is 0 Å². The average Bonchev–Trinajstić information content (AvgIpc) is 3.29. The number of hydrogen-bond donors (Lipinski definition) is 0. The zero-order chi connectivity index (χ0) is 19.1. The molecular formula is C16H22N7O3P. The van der Waals surface area contributed by atoms with Crippen LogP contribution >= 0.6 is 9.03 Å². The van der Waals surface area contributed by atoms with Crippen LogP contribution in [0.1, 0.15) is 25.5 Å². The molecule has 0 aliphatic carbocycles. The number of hydrogen-bond acceptors (Lipinski definition) is 8. The average molecular weight is 391 g/mol. The third-order valence-electron chi connectivity index (χ3n) is 3.85. The molecule has 3 atom stereocenters. The van der Waals surface area contributed by atoms with Crippen molar-refractivity contribution in [2.24, 2.45) is 4.99 Å². The van der Waals surface area contributed by atoms with Crippen LogP contribution in [-0.2, 0) is 13.8 Å². The first-order chi connectivity index (χ1) is 13.2. The first-order valence-corrected chi connectivity index (χ1v) is 9.40. The van der Waals surface area contributed by atoms with Crippen LogP contribution in [0.2, 0.25) is 0 Å². The van der Waals surface area contributed by atoms with Crippen LogP contribution in [-0.4, -0.2) is 64.2 Å². The molecular weight excluding hydrogens is 369 g/mol. The van der Waals surface area contributed by atoms with Crippen LogP contribution in [0.15, 0.2) is 17.6 Å². The van der Waals surface area contributed by atoms with Crippen molar-refractivity contribution in [1.29, 1.82) is 5.26 Å². The van der Waals surface area contributed by atoms with Gasteiger partial charge >= 0.3 is 0 Å². The second kappa shape index (κ2) is 9.67. The van der Waals surface area contributed by atoms with Crippen molar-refractivity contribution in [3.8, 4) is 6.07 Å². The number of rotatable bonds is 9. The van der Waals surface area contributed by atoms with Gasteiger partial charge in [-0.25, -0.2) is 19.9 Å². The highest BCUT2D eigenvalue weighted by molar-refractivity contribution is 7.26. The Morgan fingerprint density at radius 1 is 1.41 bits per heavy atom. The van der Waals surface area contributed by atoms with E-state index in [-0.39, 0.29) is 21.4 Å². The van der Waals surface area contributed by atoms with E-state index in [1.165, 1.54) is 6.33 Å². The Morgan fingerprint density at radius 3 is 3.11 bits per heavy atom. The Hall–Kier alpha value is -2.18. The molecule has 11 heteroatoms. The maximum Gasteiger partial charge on any atom is 0.184 e. The fourth-order valence-corrected chi connectivity index (χ4v) is 3.16. The molecule has 3 heterocycles. The molecule has 0 saturated carbocycles. The number of nitriles is 1. The van der Waals surface area contributed by atoms with Crippen LogP contribution in [0.4, 0.5) is 5.82 Å². The standard InChI is InChI=1S/C16H22N7O3P/c1-22(2)10-21-15-14-16(19-9-18-15)23(11-20-14)13-5-4-12(26-13)8-25-27-24-7-3-6-17/h9-13,27H,3-5,7-8H2,1-2H3. The van der Waals surface area contributed by atoms with Crippen molar-refractivity contribution >= 4 is 32.4 Å². The predicted molar refractivity (Wildman–Crippen MR) is 101 cm³/mol. The van der Waals surface area contributed by atoms with Gasteiger partial charge in [0.05, 0.1) is 44.5 Å². The van der Waals surface area contributed by atoms with Crippen molar-refractivity contribution in [2.45, 2.75) is 31.6 Å². The topological polar surface area (TPSA) is 111 Å². The highest BCUT2D eigenvalue weighted by Crippen LogP contribution is 2.32. The highest BCUT2D eigenvalue weighted by Gasteiger charge is 2.28. The van der Waals surface area contributed by atoms with Crippen LogP contribution in [0.3, 0.4) is 0 Å². The fraction of sp³-hybridized carbons (Fsp3) is 0.562. The molecule has 2 aromatic rings. The van der Waals surface area contributed by atoms with E-state index in [1.54, 1.807) is 12.7 Å². The summed E-state index contributed by atoms with van der Waals surface area (Å²) < 4.78 is 18.7. The molecule has 0 amide bonds. The van der Waals surface area contributed by atoms with Crippen molar-refractivity contribution in [3.05, 3.63) is 12.7 Å². The summed E-state index contributed by atoms with van der Waals surface area (Å²) in [5, 5.41) is 8.45. The number of ether oxygens (including phenoxy) is 1. The molecule has 1 aliphatic rings. The number of aliphatic imine (C=N–C) groups is 1. The number of nitrogens with zero attached hydrogens (tertiary/aromatic N) is 7. The monoisotopic (exact) mass is 391 g/mol. The molecule has 144 valence electrons. The lowest BCUT2D eigenvalue weighted by Gasteiger charge is -2.15. The summed E-state index contributed by atoms with van der Waals surface area (Å²) in [6.45, 7) is 0.851. The molecule has 0 bridgehead atoms. The van der Waals surface area contributed by atoms with Gasteiger partial charge in [0.15, 0.2) is 26.0 Å². The summed E-state index contributed by atoms with van der Waals surface area (Å²) in [6, 6.07) is 2.02. The maximum atomic E-state index is 8.45. The molecule has 0 radical (unpaired) electrons. The van der Waals surface area contributed by atoms with Gasteiger partial charge in [0.1, 0.15) is 12.6 Å². The molecule has 3 rings (SSSR count). The smallest absolute Gasteiger partial charge is 0.184 e. The summed E-state index contributed by atoms with van der Waals surface area (Å²) in [6.07, 6.45) is 6.82. The minimum absolute atomic E-state index is 0.00686. The molecule has 1 fully saturated rings. The second-order valence-corrected chi connectivity index (χ2v) is 6.91. The zero-order valence-corrected chi connectivity index (χ0v) is 16.3. The summed E-state index contributed by atoms with van der Waals surface area (Å²) >= 11 is 0. The van der Waals surface area contributed by atoms with Crippen LogP contribution in [0.25, 0.3) is 11.2 Å². The van der Waals surface area contributed by atoms with Gasteiger partial charge in [-0.15, -0.1) is 0 Å². The largest absolute Gasteiger partial charge is 0.369 e. The van der Waals surface area contributed by atoms with E-state index in [0.29, 0.717) is 36.6 Å². The zero-order valence-electron chi connectivity index (χ0n) is 15.3. The minimum atomic E-state index is -0.146. The van der Waals surface area contributed by atoms with Crippen molar-refractivity contribution in [3.63, 3.8) is 0 Å². The molecule has 27 heavy (non-hydrogen) atoms. The lowest BCUT2D eigenvalue weighted by molar-refractivity contribution is -0.0153. The van der Waals surface area contributed by atoms with Crippen LogP contribution in [0, 0.1) is 11.3 Å². The normalized spacial score (nSPS) is 20.2. The van der Waals surface area contributed by atoms with Crippen molar-refractivity contribution in [1.82, 2.24) is 24.4 Å². The molecule has 0 aromatic carbocycles. The molecule has 0 N–H and O–H groups in total. The summed E-state index contributed by atoms with van der Waals surface area (Å²) in [4.78, 5) is 19.1. The van der Waals surface area contributed by atoms with E-state index >= 15 is 0 Å². The van der Waals surface area contributed by atoms with E-state index in [0.717, 1.165) is 12.8 Å². The van der Waals surface area contributed by atoms with E-state index in [1.807, 2.05) is 29.6 Å². The van der Waals surface area contributed by atoms with Gasteiger partial charge in [-0.3, -0.25) is 4.57 Å². The van der Waals surface area contributed by atoms with Gasteiger partial charge in [-0.1, -0.05) is 0 Å². The minimum Gasteiger partial charge on any atom is -0.369 e. The number of fused-ring (bicyclic) bond motifs is 1. The lowest BCUT2D eigenvalue weighted by Crippen LogP contribution is -2.15. The Morgan fingerprint density at radius 2 is 2.30 bits per heavy atom. The van der Waals surface area contributed by atoms with Gasteiger partial charge in [0, 0.05) is 14.1 Å². The van der Waals surface area contributed by atoms with Gasteiger partial charge in [-0.05, 0) is 12.8 Å². The summed E-state index contributed by atoms with van der Waals surface area (Å²) in [5.41, 5.74) is 1.34. The SMILES string of the molecule is CN(C)C=Nc1ncnc2c1ncn2C1CCC(COPOCCC#N)O1. The Bertz CT molecular complexity index is 820. The fourth-order valence-electron chi connectivity index (χ4n) is 2.64. The number of aromatic nitrogens is 4. The van der Waals surface area contributed by atoms with E-state index in [4.69, 9.17) is 19.0 Å². The Balaban J connectivity index is 1.59. The molecule has 1 aliphatic heterocycles. The van der Waals surface area contributed by atoms with Gasteiger partial charge in [-0.2, -0.15) is 5.26 Å². The number of imidazole rings is 1. The molecule has 0 spiro atoms. The first kappa shape index (κ1) is 19.6. The van der Waals surface area contributed by atoms with Gasteiger partial charge < -0.3 is 18.7 Å². The van der Waals surface area contributed by atoms with E-state index in [2.05, 4.69) is 19.9 Å². The van der Waals surface area contributed by atoms with Gasteiger partial charge in [0.25, 0.3) is 0 Å².